The summed E-state index contributed by atoms with van der Waals surface area (Å²) >= 11 is 0. The number of hydrogen-bond acceptors (Lipinski definition) is 3. The molecule has 2 aromatic rings. The molecule has 2 aromatic carbocycles. The van der Waals surface area contributed by atoms with Gasteiger partial charge in [-0.05, 0) is 69.6 Å². The molecule has 148 valence electrons. The molecular formula is C22H26FN3O2. The normalized spacial score (nSPS) is 16.4. The average molecular weight is 383 g/mol. The summed E-state index contributed by atoms with van der Waals surface area (Å²) in [7, 11) is 0. The van der Waals surface area contributed by atoms with Crippen molar-refractivity contribution < 1.29 is 14.0 Å². The van der Waals surface area contributed by atoms with Crippen molar-refractivity contribution in [2.45, 2.75) is 32.7 Å². The van der Waals surface area contributed by atoms with Crippen molar-refractivity contribution >= 4 is 23.2 Å². The Morgan fingerprint density at radius 1 is 1.07 bits per heavy atom. The molecule has 1 heterocycles. The number of benzene rings is 2. The van der Waals surface area contributed by atoms with Gasteiger partial charge in [-0.15, -0.1) is 0 Å². The molecule has 1 aliphatic heterocycles. The minimum atomic E-state index is -0.376. The quantitative estimate of drug-likeness (QED) is 0.825. The van der Waals surface area contributed by atoms with Gasteiger partial charge >= 0.3 is 0 Å². The summed E-state index contributed by atoms with van der Waals surface area (Å²) in [5, 5.41) is 5.77. The average Bonchev–Trinajstić information content (AvgIpc) is 2.71. The zero-order valence-corrected chi connectivity index (χ0v) is 16.2. The molecule has 3 rings (SSSR count). The highest BCUT2D eigenvalue weighted by Crippen LogP contribution is 2.22. The Labute approximate surface area is 164 Å². The molecule has 28 heavy (non-hydrogen) atoms. The molecule has 2 N–H and O–H groups in total. The Kier molecular flexibility index (Phi) is 6.41. The van der Waals surface area contributed by atoms with Crippen LogP contribution in [0, 0.1) is 18.7 Å². The molecule has 0 aliphatic carbocycles. The number of carbonyl (C=O) groups is 2. The zero-order valence-electron chi connectivity index (χ0n) is 16.2. The van der Waals surface area contributed by atoms with Crippen LogP contribution in [-0.4, -0.2) is 35.8 Å². The first kappa shape index (κ1) is 20.0. The van der Waals surface area contributed by atoms with E-state index in [0.29, 0.717) is 31.6 Å². The third kappa shape index (κ3) is 4.95. The van der Waals surface area contributed by atoms with Crippen LogP contribution in [0.15, 0.2) is 48.5 Å². The molecule has 0 spiro atoms. The summed E-state index contributed by atoms with van der Waals surface area (Å²) in [5.41, 5.74) is 2.11. The molecule has 1 aliphatic rings. The van der Waals surface area contributed by atoms with Crippen LogP contribution in [-0.2, 0) is 9.59 Å². The third-order valence-electron chi connectivity index (χ3n) is 5.33. The lowest BCUT2D eigenvalue weighted by Gasteiger charge is -2.34. The van der Waals surface area contributed by atoms with Crippen molar-refractivity contribution in [2.75, 3.05) is 23.7 Å². The van der Waals surface area contributed by atoms with Gasteiger partial charge in [0.1, 0.15) is 5.82 Å². The largest absolute Gasteiger partial charge is 0.326 e. The first-order valence-electron chi connectivity index (χ1n) is 9.61. The smallest absolute Gasteiger partial charge is 0.241 e. The van der Waals surface area contributed by atoms with Crippen molar-refractivity contribution in [2.24, 2.45) is 5.92 Å². The Morgan fingerprint density at radius 3 is 2.43 bits per heavy atom. The first-order valence-corrected chi connectivity index (χ1v) is 9.61. The first-order chi connectivity index (χ1) is 13.4. The van der Waals surface area contributed by atoms with E-state index in [-0.39, 0.29) is 29.6 Å². The van der Waals surface area contributed by atoms with Crippen LogP contribution in [0.5, 0.6) is 0 Å². The summed E-state index contributed by atoms with van der Waals surface area (Å²) in [6.45, 7) is 5.01. The predicted octanol–water partition coefficient (Wildman–Crippen LogP) is 3.81. The van der Waals surface area contributed by atoms with Crippen LogP contribution in [0.4, 0.5) is 15.8 Å². The fourth-order valence-corrected chi connectivity index (χ4v) is 3.45. The summed E-state index contributed by atoms with van der Waals surface area (Å²) in [4.78, 5) is 27.1. The molecular weight excluding hydrogens is 357 g/mol. The number of nitrogens with zero attached hydrogens (tertiary/aromatic N) is 1. The van der Waals surface area contributed by atoms with Gasteiger partial charge in [0.15, 0.2) is 0 Å². The van der Waals surface area contributed by atoms with Crippen molar-refractivity contribution in [1.82, 2.24) is 4.90 Å². The van der Waals surface area contributed by atoms with Gasteiger partial charge in [0.25, 0.3) is 0 Å². The number of piperidine rings is 1. The molecule has 2 amide bonds. The van der Waals surface area contributed by atoms with Crippen molar-refractivity contribution in [3.05, 3.63) is 59.9 Å². The van der Waals surface area contributed by atoms with Gasteiger partial charge in [0.2, 0.25) is 11.8 Å². The van der Waals surface area contributed by atoms with Crippen molar-refractivity contribution in [1.29, 1.82) is 0 Å². The molecule has 0 radical (unpaired) electrons. The molecule has 1 fully saturated rings. The molecule has 0 aromatic heterocycles. The summed E-state index contributed by atoms with van der Waals surface area (Å²) < 4.78 is 13.4. The molecule has 1 unspecified atom stereocenters. The maximum Gasteiger partial charge on any atom is 0.241 e. The van der Waals surface area contributed by atoms with E-state index in [9.17, 15) is 14.0 Å². The Bertz CT molecular complexity index is 833. The van der Waals surface area contributed by atoms with Crippen LogP contribution in [0.1, 0.15) is 25.3 Å². The van der Waals surface area contributed by atoms with Gasteiger partial charge in [-0.3, -0.25) is 14.5 Å². The minimum Gasteiger partial charge on any atom is -0.326 e. The van der Waals surface area contributed by atoms with E-state index < -0.39 is 0 Å². The number of para-hydroxylation sites is 1. The molecule has 1 atom stereocenters. The highest BCUT2D eigenvalue weighted by atomic mass is 19.1. The number of amides is 2. The van der Waals surface area contributed by atoms with Crippen LogP contribution in [0.3, 0.4) is 0 Å². The molecule has 5 nitrogen and oxygen atoms in total. The Balaban J connectivity index is 1.51. The summed E-state index contributed by atoms with van der Waals surface area (Å²) in [6.07, 6.45) is 1.41. The van der Waals surface area contributed by atoms with Crippen LogP contribution >= 0.6 is 0 Å². The maximum atomic E-state index is 13.4. The zero-order chi connectivity index (χ0) is 20.1. The van der Waals surface area contributed by atoms with E-state index in [4.69, 9.17) is 0 Å². The van der Waals surface area contributed by atoms with E-state index in [1.165, 1.54) is 12.1 Å². The number of rotatable bonds is 5. The van der Waals surface area contributed by atoms with Gasteiger partial charge in [0.05, 0.1) is 6.04 Å². The number of hydrogen-bond donors (Lipinski definition) is 2. The standard InChI is InChI=1S/C22H26FN3O2/c1-15-8-9-18(23)14-20(15)25-21(27)16(2)26-12-10-17(11-13-26)22(28)24-19-6-4-3-5-7-19/h3-9,14,16-17H,10-13H2,1-2H3,(H,24,28)(H,25,27). The Hall–Kier alpha value is -2.73. The number of carbonyl (C=O) groups excluding carboxylic acids is 2. The highest BCUT2D eigenvalue weighted by Gasteiger charge is 2.30. The third-order valence-corrected chi connectivity index (χ3v) is 5.33. The van der Waals surface area contributed by atoms with Gasteiger partial charge in [-0.25, -0.2) is 4.39 Å². The monoisotopic (exact) mass is 383 g/mol. The van der Waals surface area contributed by atoms with Crippen molar-refractivity contribution in [3.8, 4) is 0 Å². The van der Waals surface area contributed by atoms with E-state index in [0.717, 1.165) is 11.3 Å². The summed E-state index contributed by atoms with van der Waals surface area (Å²) in [6, 6.07) is 13.4. The van der Waals surface area contributed by atoms with Gasteiger partial charge in [0, 0.05) is 17.3 Å². The fourth-order valence-electron chi connectivity index (χ4n) is 3.45. The second-order valence-electron chi connectivity index (χ2n) is 7.29. The van der Waals surface area contributed by atoms with Crippen LogP contribution in [0.2, 0.25) is 0 Å². The van der Waals surface area contributed by atoms with E-state index in [1.807, 2.05) is 44.2 Å². The lowest BCUT2D eigenvalue weighted by atomic mass is 9.94. The van der Waals surface area contributed by atoms with Gasteiger partial charge < -0.3 is 10.6 Å². The number of nitrogens with one attached hydrogen (secondary N) is 2. The number of anilines is 2. The fraction of sp³-hybridized carbons (Fsp3) is 0.364. The maximum absolute atomic E-state index is 13.4. The summed E-state index contributed by atoms with van der Waals surface area (Å²) in [5.74, 6) is -0.574. The second-order valence-corrected chi connectivity index (χ2v) is 7.29. The van der Waals surface area contributed by atoms with Crippen molar-refractivity contribution in [3.63, 3.8) is 0 Å². The highest BCUT2D eigenvalue weighted by molar-refractivity contribution is 5.95. The van der Waals surface area contributed by atoms with Crippen LogP contribution < -0.4 is 10.6 Å². The number of halogens is 1. The SMILES string of the molecule is Cc1ccc(F)cc1NC(=O)C(C)N1CCC(C(=O)Nc2ccccc2)CC1. The topological polar surface area (TPSA) is 61.4 Å². The van der Waals surface area contributed by atoms with Crippen LogP contribution in [0.25, 0.3) is 0 Å². The predicted molar refractivity (Wildman–Crippen MR) is 109 cm³/mol. The Morgan fingerprint density at radius 2 is 1.75 bits per heavy atom. The molecule has 1 saturated heterocycles. The molecule has 6 heteroatoms. The van der Waals surface area contributed by atoms with E-state index >= 15 is 0 Å². The number of aryl methyl sites for hydroxylation is 1. The molecule has 0 saturated carbocycles. The second kappa shape index (κ2) is 8.97. The minimum absolute atomic E-state index is 0.0262. The number of likely N-dealkylation sites (tertiary alicyclic amines) is 1. The lowest BCUT2D eigenvalue weighted by Crippen LogP contribution is -2.47. The van der Waals surface area contributed by atoms with E-state index in [1.54, 1.807) is 6.07 Å². The van der Waals surface area contributed by atoms with Gasteiger partial charge in [-0.2, -0.15) is 0 Å². The molecule has 0 bridgehead atoms. The van der Waals surface area contributed by atoms with E-state index in [2.05, 4.69) is 15.5 Å². The van der Waals surface area contributed by atoms with Gasteiger partial charge in [-0.1, -0.05) is 24.3 Å². The lowest BCUT2D eigenvalue weighted by molar-refractivity contribution is -0.123.